The Morgan fingerprint density at radius 3 is 2.40 bits per heavy atom. The molecule has 0 unspecified atom stereocenters. The number of anilines is 1. The first-order valence-corrected chi connectivity index (χ1v) is 9.42. The molecule has 30 heavy (non-hydrogen) atoms. The molecule has 0 saturated carbocycles. The maximum absolute atomic E-state index is 12.8. The van der Waals surface area contributed by atoms with Crippen molar-refractivity contribution >= 4 is 45.3 Å². The van der Waals surface area contributed by atoms with Crippen LogP contribution in [0.2, 0.25) is 5.02 Å². The Balaban J connectivity index is 1.80. The van der Waals surface area contributed by atoms with Crippen molar-refractivity contribution in [1.82, 2.24) is 0 Å². The number of amides is 1. The second kappa shape index (κ2) is 8.23. The van der Waals surface area contributed by atoms with Crippen LogP contribution < -0.4 is 5.32 Å². The van der Waals surface area contributed by atoms with Crippen molar-refractivity contribution in [2.45, 2.75) is 0 Å². The minimum atomic E-state index is -0.480. The SMILES string of the molecule is O=C(Nc1ccccc1)c1cc2ccccc2c(N=Nc2cc(Cl)ccc2O)c1O. The van der Waals surface area contributed by atoms with Gasteiger partial charge in [0.15, 0.2) is 5.75 Å². The van der Waals surface area contributed by atoms with Crippen LogP contribution in [-0.4, -0.2) is 16.1 Å². The Morgan fingerprint density at radius 1 is 0.867 bits per heavy atom. The van der Waals surface area contributed by atoms with Crippen LogP contribution in [0.3, 0.4) is 0 Å². The average molecular weight is 418 g/mol. The van der Waals surface area contributed by atoms with Gasteiger partial charge in [-0.25, -0.2) is 0 Å². The van der Waals surface area contributed by atoms with Crippen molar-refractivity contribution in [1.29, 1.82) is 0 Å². The third-order valence-corrected chi connectivity index (χ3v) is 4.70. The number of carbonyl (C=O) groups excluding carboxylic acids is 1. The molecular weight excluding hydrogens is 402 g/mol. The van der Waals surface area contributed by atoms with Crippen LogP contribution in [0.1, 0.15) is 10.4 Å². The van der Waals surface area contributed by atoms with Crippen molar-refractivity contribution in [2.75, 3.05) is 5.32 Å². The normalized spacial score (nSPS) is 11.1. The molecule has 0 bridgehead atoms. The molecule has 0 radical (unpaired) electrons. The van der Waals surface area contributed by atoms with Crippen LogP contribution in [0.5, 0.6) is 11.5 Å². The fourth-order valence-corrected chi connectivity index (χ4v) is 3.16. The van der Waals surface area contributed by atoms with E-state index < -0.39 is 5.91 Å². The van der Waals surface area contributed by atoms with E-state index in [4.69, 9.17) is 11.6 Å². The standard InChI is InChI=1S/C23H16ClN3O3/c24-15-10-11-20(28)19(13-15)26-27-21-17-9-5-4-6-14(17)12-18(22(21)29)23(30)25-16-7-2-1-3-8-16/h1-13,28-29H,(H,25,30). The molecule has 3 N–H and O–H groups in total. The number of fused-ring (bicyclic) bond motifs is 1. The molecule has 0 atom stereocenters. The van der Waals surface area contributed by atoms with E-state index in [9.17, 15) is 15.0 Å². The summed E-state index contributed by atoms with van der Waals surface area (Å²) in [5.74, 6) is -0.899. The molecule has 7 heteroatoms. The molecular formula is C23H16ClN3O3. The van der Waals surface area contributed by atoms with Gasteiger partial charge < -0.3 is 15.5 Å². The Morgan fingerprint density at radius 2 is 1.60 bits per heavy atom. The van der Waals surface area contributed by atoms with E-state index in [1.807, 2.05) is 18.2 Å². The largest absolute Gasteiger partial charge is 0.506 e. The van der Waals surface area contributed by atoms with Crippen LogP contribution in [0.25, 0.3) is 10.8 Å². The van der Waals surface area contributed by atoms with E-state index in [1.54, 1.807) is 42.5 Å². The third-order valence-electron chi connectivity index (χ3n) is 4.47. The summed E-state index contributed by atoms with van der Waals surface area (Å²) >= 11 is 5.95. The Hall–Kier alpha value is -3.90. The van der Waals surface area contributed by atoms with Gasteiger partial charge in [0.25, 0.3) is 5.91 Å². The van der Waals surface area contributed by atoms with Gasteiger partial charge in [-0.1, -0.05) is 54.1 Å². The van der Waals surface area contributed by atoms with E-state index in [2.05, 4.69) is 15.5 Å². The van der Waals surface area contributed by atoms with Crippen molar-refractivity contribution in [3.05, 3.63) is 89.4 Å². The van der Waals surface area contributed by atoms with Gasteiger partial charge in [0.1, 0.15) is 17.1 Å². The van der Waals surface area contributed by atoms with Crippen LogP contribution in [0, 0.1) is 0 Å². The molecule has 4 aromatic carbocycles. The summed E-state index contributed by atoms with van der Waals surface area (Å²) in [5.41, 5.74) is 0.916. The molecule has 0 aromatic heterocycles. The maximum Gasteiger partial charge on any atom is 0.259 e. The molecule has 1 amide bonds. The minimum absolute atomic E-state index is 0.0572. The third kappa shape index (κ3) is 3.94. The fourth-order valence-electron chi connectivity index (χ4n) is 2.99. The number of benzene rings is 4. The number of nitrogens with one attached hydrogen (secondary N) is 1. The van der Waals surface area contributed by atoms with Crippen LogP contribution in [0.15, 0.2) is 89.1 Å². The number of para-hydroxylation sites is 1. The van der Waals surface area contributed by atoms with Crippen LogP contribution >= 0.6 is 11.6 Å². The highest BCUT2D eigenvalue weighted by Gasteiger charge is 2.18. The van der Waals surface area contributed by atoms with Crippen molar-refractivity contribution in [2.24, 2.45) is 10.2 Å². The average Bonchev–Trinajstić information content (AvgIpc) is 2.75. The van der Waals surface area contributed by atoms with Gasteiger partial charge in [-0.15, -0.1) is 10.2 Å². The highest BCUT2D eigenvalue weighted by atomic mass is 35.5. The van der Waals surface area contributed by atoms with Gasteiger partial charge >= 0.3 is 0 Å². The van der Waals surface area contributed by atoms with Gasteiger partial charge in [0.05, 0.1) is 5.56 Å². The number of phenols is 2. The summed E-state index contributed by atoms with van der Waals surface area (Å²) in [5, 5.41) is 33.4. The molecule has 148 valence electrons. The first-order valence-electron chi connectivity index (χ1n) is 9.04. The lowest BCUT2D eigenvalue weighted by Gasteiger charge is -2.11. The summed E-state index contributed by atoms with van der Waals surface area (Å²) in [7, 11) is 0. The van der Waals surface area contributed by atoms with Crippen molar-refractivity contribution < 1.29 is 15.0 Å². The molecule has 0 heterocycles. The zero-order valence-electron chi connectivity index (χ0n) is 15.6. The Labute approximate surface area is 177 Å². The van der Waals surface area contributed by atoms with Crippen LogP contribution in [-0.2, 0) is 0 Å². The predicted octanol–water partition coefficient (Wildman–Crippen LogP) is 6.57. The van der Waals surface area contributed by atoms with Crippen molar-refractivity contribution in [3.8, 4) is 11.5 Å². The van der Waals surface area contributed by atoms with Gasteiger partial charge in [-0.3, -0.25) is 4.79 Å². The summed E-state index contributed by atoms with van der Waals surface area (Å²) in [6.45, 7) is 0. The van der Waals surface area contributed by atoms with Gasteiger partial charge in [0, 0.05) is 16.1 Å². The molecule has 0 aliphatic heterocycles. The predicted molar refractivity (Wildman–Crippen MR) is 117 cm³/mol. The van der Waals surface area contributed by atoms with E-state index in [0.717, 1.165) is 0 Å². The van der Waals surface area contributed by atoms with E-state index in [0.29, 0.717) is 21.5 Å². The van der Waals surface area contributed by atoms with Gasteiger partial charge in [-0.05, 0) is 41.8 Å². The number of hydrogen-bond acceptors (Lipinski definition) is 5. The lowest BCUT2D eigenvalue weighted by molar-refractivity contribution is 0.102. The molecule has 0 saturated heterocycles. The Kier molecular flexibility index (Phi) is 5.32. The molecule has 0 spiro atoms. The van der Waals surface area contributed by atoms with Gasteiger partial charge in [0.2, 0.25) is 0 Å². The lowest BCUT2D eigenvalue weighted by Crippen LogP contribution is -2.12. The number of carbonyl (C=O) groups is 1. The quantitative estimate of drug-likeness (QED) is 0.327. The minimum Gasteiger partial charge on any atom is -0.506 e. The van der Waals surface area contributed by atoms with E-state index in [1.165, 1.54) is 18.2 Å². The van der Waals surface area contributed by atoms with E-state index >= 15 is 0 Å². The molecule has 0 aliphatic carbocycles. The lowest BCUT2D eigenvalue weighted by atomic mass is 10.0. The zero-order chi connectivity index (χ0) is 21.1. The second-order valence-electron chi connectivity index (χ2n) is 6.50. The summed E-state index contributed by atoms with van der Waals surface area (Å²) < 4.78 is 0. The first-order chi connectivity index (χ1) is 14.5. The fraction of sp³-hybridized carbons (Fsp3) is 0. The summed E-state index contributed by atoms with van der Waals surface area (Å²) in [6, 6.07) is 22.1. The number of hydrogen-bond donors (Lipinski definition) is 3. The molecule has 0 fully saturated rings. The Bertz CT molecular complexity index is 1270. The second-order valence-corrected chi connectivity index (χ2v) is 6.93. The van der Waals surface area contributed by atoms with Gasteiger partial charge in [-0.2, -0.15) is 0 Å². The van der Waals surface area contributed by atoms with Crippen LogP contribution in [0.4, 0.5) is 17.1 Å². The topological polar surface area (TPSA) is 94.3 Å². The first kappa shape index (κ1) is 19.4. The molecule has 4 rings (SSSR count). The summed E-state index contributed by atoms with van der Waals surface area (Å²) in [6.07, 6.45) is 0. The number of nitrogens with zero attached hydrogens (tertiary/aromatic N) is 2. The van der Waals surface area contributed by atoms with Crippen molar-refractivity contribution in [3.63, 3.8) is 0 Å². The zero-order valence-corrected chi connectivity index (χ0v) is 16.3. The number of rotatable bonds is 4. The maximum atomic E-state index is 12.8. The summed E-state index contributed by atoms with van der Waals surface area (Å²) in [4.78, 5) is 12.8. The monoisotopic (exact) mass is 417 g/mol. The molecule has 6 nitrogen and oxygen atoms in total. The molecule has 0 aliphatic rings. The smallest absolute Gasteiger partial charge is 0.259 e. The highest BCUT2D eigenvalue weighted by molar-refractivity contribution is 6.30. The number of aromatic hydroxyl groups is 2. The van der Waals surface area contributed by atoms with E-state index in [-0.39, 0.29) is 28.4 Å². The number of phenolic OH excluding ortho intramolecular Hbond substituents is 2. The highest BCUT2D eigenvalue weighted by Crippen LogP contribution is 2.40. The number of halogens is 1. The number of azo groups is 1. The molecule has 4 aromatic rings.